The Morgan fingerprint density at radius 2 is 1.87 bits per heavy atom. The first kappa shape index (κ1) is 20.8. The van der Waals surface area contributed by atoms with Crippen LogP contribution in [0.3, 0.4) is 0 Å². The molecule has 0 unspecified atom stereocenters. The van der Waals surface area contributed by atoms with E-state index in [-0.39, 0.29) is 18.4 Å². The molecule has 2 aromatic rings. The summed E-state index contributed by atoms with van der Waals surface area (Å²) in [6.45, 7) is 3.98. The second-order valence-electron chi connectivity index (χ2n) is 7.39. The molecule has 1 fully saturated rings. The summed E-state index contributed by atoms with van der Waals surface area (Å²) >= 11 is 0. The van der Waals surface area contributed by atoms with Crippen LogP contribution in [0.25, 0.3) is 0 Å². The van der Waals surface area contributed by atoms with Crippen molar-refractivity contribution in [3.63, 3.8) is 0 Å². The number of fused-ring (bicyclic) bond motifs is 1. The number of piperazine rings is 1. The first-order chi connectivity index (χ1) is 15.2. The summed E-state index contributed by atoms with van der Waals surface area (Å²) in [5, 5.41) is 3.37. The molecule has 0 atom stereocenters. The van der Waals surface area contributed by atoms with E-state index in [2.05, 4.69) is 15.2 Å². The molecular weight excluding hydrogens is 398 g/mol. The van der Waals surface area contributed by atoms with Crippen molar-refractivity contribution in [3.05, 3.63) is 48.4 Å². The van der Waals surface area contributed by atoms with E-state index < -0.39 is 0 Å². The van der Waals surface area contributed by atoms with Gasteiger partial charge >= 0.3 is 0 Å². The summed E-state index contributed by atoms with van der Waals surface area (Å²) in [6.07, 6.45) is 2.29. The largest absolute Gasteiger partial charge is 0.482 e. The second-order valence-corrected chi connectivity index (χ2v) is 7.39. The van der Waals surface area contributed by atoms with E-state index in [0.29, 0.717) is 45.0 Å². The van der Waals surface area contributed by atoms with Crippen LogP contribution >= 0.6 is 0 Å². The maximum atomic E-state index is 12.4. The summed E-state index contributed by atoms with van der Waals surface area (Å²) < 4.78 is 10.7. The predicted octanol–water partition coefficient (Wildman–Crippen LogP) is 1.43. The Kier molecular flexibility index (Phi) is 6.40. The molecule has 31 heavy (non-hydrogen) atoms. The zero-order valence-corrected chi connectivity index (χ0v) is 17.6. The molecule has 9 heteroatoms. The molecule has 164 valence electrons. The minimum absolute atomic E-state index is 0.0274. The van der Waals surface area contributed by atoms with Gasteiger partial charge in [0.25, 0.3) is 11.8 Å². The number of ether oxygens (including phenoxy) is 1. The lowest BCUT2D eigenvalue weighted by molar-refractivity contribution is -0.121. The quantitative estimate of drug-likeness (QED) is 0.443. The third-order valence-corrected chi connectivity index (χ3v) is 5.46. The molecule has 4 rings (SSSR count). The van der Waals surface area contributed by atoms with E-state index in [9.17, 15) is 9.59 Å². The number of benzene rings is 1. The maximum absolute atomic E-state index is 12.4. The maximum Gasteiger partial charge on any atom is 0.289 e. The number of rotatable bonds is 5. The normalized spacial score (nSPS) is 16.7. The average Bonchev–Trinajstić information content (AvgIpc) is 3.35. The van der Waals surface area contributed by atoms with Gasteiger partial charge in [-0.15, -0.1) is 0 Å². The van der Waals surface area contributed by atoms with Crippen molar-refractivity contribution < 1.29 is 18.7 Å². The smallest absolute Gasteiger partial charge is 0.289 e. The van der Waals surface area contributed by atoms with Crippen LogP contribution in [0.1, 0.15) is 17.0 Å². The molecule has 0 bridgehead atoms. The van der Waals surface area contributed by atoms with Crippen LogP contribution in [0.4, 0.5) is 5.69 Å². The highest BCUT2D eigenvalue weighted by Crippen LogP contribution is 2.31. The van der Waals surface area contributed by atoms with Gasteiger partial charge in [-0.25, -0.2) is 0 Å². The molecular formula is C22H27N5O4. The van der Waals surface area contributed by atoms with Gasteiger partial charge in [0.2, 0.25) is 0 Å². The van der Waals surface area contributed by atoms with Gasteiger partial charge in [-0.3, -0.25) is 14.6 Å². The van der Waals surface area contributed by atoms with Crippen molar-refractivity contribution in [2.45, 2.75) is 6.42 Å². The van der Waals surface area contributed by atoms with E-state index in [1.54, 1.807) is 29.0 Å². The summed E-state index contributed by atoms with van der Waals surface area (Å²) in [4.78, 5) is 34.8. The second kappa shape index (κ2) is 9.55. The summed E-state index contributed by atoms with van der Waals surface area (Å²) in [5.74, 6) is 1.81. The van der Waals surface area contributed by atoms with E-state index in [1.165, 1.54) is 6.26 Å². The van der Waals surface area contributed by atoms with Crippen LogP contribution in [-0.4, -0.2) is 80.5 Å². The highest BCUT2D eigenvalue weighted by Gasteiger charge is 2.26. The number of carbonyl (C=O) groups excluding carboxylic acids is 2. The van der Waals surface area contributed by atoms with Crippen molar-refractivity contribution >= 4 is 23.5 Å². The Morgan fingerprint density at radius 3 is 2.61 bits per heavy atom. The Morgan fingerprint density at radius 1 is 1.10 bits per heavy atom. The van der Waals surface area contributed by atoms with Crippen LogP contribution in [-0.2, 0) is 4.79 Å². The van der Waals surface area contributed by atoms with E-state index in [4.69, 9.17) is 9.15 Å². The highest BCUT2D eigenvalue weighted by molar-refractivity contribution is 5.97. The standard InChI is InChI=1S/C22H27N5O4/c1-23-22(26-13-11-25(12-14-26)21(29)19-8-4-15-30-19)24-9-5-10-27-17-6-2-3-7-18(17)31-16-20(27)28/h2-4,6-8,15H,5,9-14,16H2,1H3,(H,23,24). The van der Waals surface area contributed by atoms with Crippen molar-refractivity contribution in [1.29, 1.82) is 0 Å². The molecule has 2 aliphatic rings. The van der Waals surface area contributed by atoms with Crippen LogP contribution in [0.15, 0.2) is 52.1 Å². The monoisotopic (exact) mass is 425 g/mol. The molecule has 0 saturated carbocycles. The van der Waals surface area contributed by atoms with Crippen molar-refractivity contribution in [2.24, 2.45) is 4.99 Å². The number of anilines is 1. The van der Waals surface area contributed by atoms with Gasteiger partial charge in [0.05, 0.1) is 12.0 Å². The Hall–Kier alpha value is -3.49. The average molecular weight is 425 g/mol. The summed E-state index contributed by atoms with van der Waals surface area (Å²) in [5.41, 5.74) is 0.820. The number of amides is 2. The molecule has 9 nitrogen and oxygen atoms in total. The fourth-order valence-electron chi connectivity index (χ4n) is 3.85. The van der Waals surface area contributed by atoms with E-state index in [0.717, 1.165) is 23.8 Å². The molecule has 0 aliphatic carbocycles. The first-order valence-corrected chi connectivity index (χ1v) is 10.5. The fraction of sp³-hybridized carbons (Fsp3) is 0.409. The molecule has 1 N–H and O–H groups in total. The number of nitrogens with zero attached hydrogens (tertiary/aromatic N) is 4. The fourth-order valence-corrected chi connectivity index (χ4v) is 3.85. The van der Waals surface area contributed by atoms with Gasteiger partial charge < -0.3 is 29.2 Å². The summed E-state index contributed by atoms with van der Waals surface area (Å²) in [6, 6.07) is 11.0. The predicted molar refractivity (Wildman–Crippen MR) is 116 cm³/mol. The minimum atomic E-state index is -0.0805. The van der Waals surface area contributed by atoms with Crippen LogP contribution < -0.4 is 15.0 Å². The SMILES string of the molecule is CN=C(NCCCN1C(=O)COc2ccccc21)N1CCN(C(=O)c2ccco2)CC1. The van der Waals surface area contributed by atoms with Crippen molar-refractivity contribution in [3.8, 4) is 5.75 Å². The molecule has 1 aromatic heterocycles. The lowest BCUT2D eigenvalue weighted by Gasteiger charge is -2.36. The molecule has 0 spiro atoms. The molecule has 1 saturated heterocycles. The van der Waals surface area contributed by atoms with Crippen LogP contribution in [0, 0.1) is 0 Å². The van der Waals surface area contributed by atoms with Crippen molar-refractivity contribution in [1.82, 2.24) is 15.1 Å². The Bertz CT molecular complexity index is 935. The number of aliphatic imine (C=N–C) groups is 1. The lowest BCUT2D eigenvalue weighted by Crippen LogP contribution is -2.54. The Labute approximate surface area is 181 Å². The topological polar surface area (TPSA) is 90.6 Å². The number of nitrogens with one attached hydrogen (secondary N) is 1. The molecule has 2 aliphatic heterocycles. The van der Waals surface area contributed by atoms with Gasteiger partial charge in [-0.05, 0) is 30.7 Å². The Balaban J connectivity index is 1.24. The highest BCUT2D eigenvalue weighted by atomic mass is 16.5. The molecule has 3 heterocycles. The van der Waals surface area contributed by atoms with Crippen LogP contribution in [0.5, 0.6) is 5.75 Å². The zero-order chi connectivity index (χ0) is 21.6. The third kappa shape index (κ3) is 4.65. The first-order valence-electron chi connectivity index (χ1n) is 10.5. The van der Waals surface area contributed by atoms with Gasteiger partial charge in [0, 0.05) is 46.3 Å². The minimum Gasteiger partial charge on any atom is -0.482 e. The summed E-state index contributed by atoms with van der Waals surface area (Å²) in [7, 11) is 1.75. The number of furan rings is 1. The van der Waals surface area contributed by atoms with E-state index in [1.807, 2.05) is 24.3 Å². The number of carbonyl (C=O) groups is 2. The van der Waals surface area contributed by atoms with E-state index >= 15 is 0 Å². The third-order valence-electron chi connectivity index (χ3n) is 5.46. The number of guanidine groups is 1. The van der Waals surface area contributed by atoms with Gasteiger partial charge in [0.1, 0.15) is 5.75 Å². The molecule has 0 radical (unpaired) electrons. The number of hydrogen-bond acceptors (Lipinski definition) is 5. The molecule has 1 aromatic carbocycles. The number of para-hydroxylation sites is 2. The van der Waals surface area contributed by atoms with Crippen molar-refractivity contribution in [2.75, 3.05) is 57.8 Å². The zero-order valence-electron chi connectivity index (χ0n) is 17.6. The lowest BCUT2D eigenvalue weighted by atomic mass is 10.2. The number of hydrogen-bond donors (Lipinski definition) is 1. The van der Waals surface area contributed by atoms with Gasteiger partial charge in [-0.2, -0.15) is 0 Å². The van der Waals surface area contributed by atoms with Gasteiger partial charge in [-0.1, -0.05) is 12.1 Å². The van der Waals surface area contributed by atoms with Gasteiger partial charge in [0.15, 0.2) is 18.3 Å². The molecule has 2 amide bonds. The van der Waals surface area contributed by atoms with Crippen LogP contribution in [0.2, 0.25) is 0 Å².